The molecule has 0 spiro atoms. The van der Waals surface area contributed by atoms with Crippen molar-refractivity contribution in [2.45, 2.75) is 45.1 Å². The van der Waals surface area contributed by atoms with Crippen LogP contribution < -0.4 is 11.5 Å². The highest BCUT2D eigenvalue weighted by Gasteiger charge is 2.03. The average Bonchev–Trinajstić information content (AvgIpc) is 2.65. The van der Waals surface area contributed by atoms with E-state index in [4.69, 9.17) is 11.5 Å². The highest BCUT2D eigenvalue weighted by Crippen LogP contribution is 2.22. The molecular weight excluding hydrogens is 368 g/mol. The van der Waals surface area contributed by atoms with Crippen LogP contribution in [0.15, 0.2) is 42.5 Å². The lowest BCUT2D eigenvalue weighted by molar-refractivity contribution is 0.942. The molecule has 0 saturated carbocycles. The van der Waals surface area contributed by atoms with Crippen molar-refractivity contribution in [3.63, 3.8) is 0 Å². The Morgan fingerprint density at radius 3 is 1.78 bits per heavy atom. The van der Waals surface area contributed by atoms with E-state index in [0.29, 0.717) is 0 Å². The summed E-state index contributed by atoms with van der Waals surface area (Å²) in [5, 5.41) is 0. The number of nitrogens with two attached hydrogens (primary N) is 2. The van der Waals surface area contributed by atoms with Crippen LogP contribution >= 0.6 is 23.5 Å². The molecule has 0 fully saturated rings. The van der Waals surface area contributed by atoms with Crippen molar-refractivity contribution in [2.24, 2.45) is 11.5 Å². The van der Waals surface area contributed by atoms with E-state index in [0.717, 1.165) is 37.4 Å². The molecule has 0 atom stereocenters. The van der Waals surface area contributed by atoms with Gasteiger partial charge in [-0.2, -0.15) is 23.5 Å². The monoisotopic (exact) mass is 404 g/mol. The van der Waals surface area contributed by atoms with Crippen LogP contribution in [0.25, 0.3) is 0 Å². The quantitative estimate of drug-likeness (QED) is 0.516. The molecule has 0 saturated heterocycles. The molecule has 4 heteroatoms. The third-order valence-electron chi connectivity index (χ3n) is 4.18. The predicted molar refractivity (Wildman–Crippen MR) is 127 cm³/mol. The predicted octanol–water partition coefficient (Wildman–Crippen LogP) is 5.46. The summed E-state index contributed by atoms with van der Waals surface area (Å²) in [5.74, 6) is 4.58. The lowest BCUT2D eigenvalue weighted by Crippen LogP contribution is -2.00. The van der Waals surface area contributed by atoms with Crippen molar-refractivity contribution < 1.29 is 0 Å². The molecule has 0 unspecified atom stereocenters. The Morgan fingerprint density at radius 2 is 1.26 bits per heavy atom. The second-order valence-electron chi connectivity index (χ2n) is 6.75. The van der Waals surface area contributed by atoms with Crippen LogP contribution in [0.5, 0.6) is 0 Å². The Hall–Kier alpha value is -0.940. The second kappa shape index (κ2) is 15.0. The van der Waals surface area contributed by atoms with Crippen molar-refractivity contribution in [2.75, 3.05) is 24.6 Å². The number of rotatable bonds is 10. The molecule has 0 aliphatic heterocycles. The summed E-state index contributed by atoms with van der Waals surface area (Å²) in [4.78, 5) is 0. The Balaban J connectivity index is 0.000000277. The van der Waals surface area contributed by atoms with Gasteiger partial charge in [-0.15, -0.1) is 0 Å². The van der Waals surface area contributed by atoms with Gasteiger partial charge in [0.2, 0.25) is 0 Å². The highest BCUT2D eigenvalue weighted by molar-refractivity contribution is 7.98. The van der Waals surface area contributed by atoms with E-state index in [2.05, 4.69) is 57.2 Å². The van der Waals surface area contributed by atoms with Crippen LogP contribution in [0.1, 0.15) is 40.7 Å². The first-order valence-corrected chi connectivity index (χ1v) is 12.1. The molecule has 0 bridgehead atoms. The first-order chi connectivity index (χ1) is 13.1. The second-order valence-corrected chi connectivity index (χ2v) is 8.96. The molecule has 0 aromatic heterocycles. The van der Waals surface area contributed by atoms with Crippen LogP contribution in [0.2, 0.25) is 0 Å². The van der Waals surface area contributed by atoms with Gasteiger partial charge in [0.1, 0.15) is 0 Å². The fourth-order valence-corrected chi connectivity index (χ4v) is 4.86. The topological polar surface area (TPSA) is 52.0 Å². The van der Waals surface area contributed by atoms with Gasteiger partial charge in [0.25, 0.3) is 0 Å². The summed E-state index contributed by atoms with van der Waals surface area (Å²) >= 11 is 3.94. The number of thioether (sulfide) groups is 2. The number of aryl methyl sites for hydroxylation is 3. The maximum Gasteiger partial charge on any atom is 0.0189 e. The Bertz CT molecular complexity index is 607. The summed E-state index contributed by atoms with van der Waals surface area (Å²) in [6.45, 7) is 8.18. The van der Waals surface area contributed by atoms with Crippen molar-refractivity contribution in [1.29, 1.82) is 0 Å². The Kier molecular flexibility index (Phi) is 13.4. The lowest BCUT2D eigenvalue weighted by Gasteiger charge is -2.10. The summed E-state index contributed by atoms with van der Waals surface area (Å²) in [6, 6.07) is 15.1. The zero-order chi connectivity index (χ0) is 19.9. The van der Waals surface area contributed by atoms with Crippen molar-refractivity contribution in [3.8, 4) is 0 Å². The SMILES string of the molecule is Cc1cc(C)c(CSCCCN)c(C)c1.NCCCSCc1ccccc1. The number of hydrogen-bond acceptors (Lipinski definition) is 4. The minimum atomic E-state index is 0.804. The van der Waals surface area contributed by atoms with Gasteiger partial charge < -0.3 is 11.5 Å². The molecule has 0 aliphatic carbocycles. The zero-order valence-corrected chi connectivity index (χ0v) is 18.8. The van der Waals surface area contributed by atoms with Crippen LogP contribution in [-0.2, 0) is 11.5 Å². The van der Waals surface area contributed by atoms with E-state index in [1.54, 1.807) is 0 Å². The fraction of sp³-hybridized carbons (Fsp3) is 0.478. The first-order valence-electron chi connectivity index (χ1n) is 9.74. The molecule has 2 nitrogen and oxygen atoms in total. The van der Waals surface area contributed by atoms with Crippen molar-refractivity contribution in [3.05, 3.63) is 70.3 Å². The van der Waals surface area contributed by atoms with Gasteiger partial charge in [-0.3, -0.25) is 0 Å². The van der Waals surface area contributed by atoms with Crippen LogP contribution in [-0.4, -0.2) is 24.6 Å². The first kappa shape index (κ1) is 24.1. The normalized spacial score (nSPS) is 10.4. The summed E-state index contributed by atoms with van der Waals surface area (Å²) in [5.41, 5.74) is 18.0. The largest absolute Gasteiger partial charge is 0.330 e. The Morgan fingerprint density at radius 1 is 0.741 bits per heavy atom. The molecule has 150 valence electrons. The van der Waals surface area contributed by atoms with Crippen molar-refractivity contribution in [1.82, 2.24) is 0 Å². The molecule has 0 radical (unpaired) electrons. The summed E-state index contributed by atoms with van der Waals surface area (Å²) in [6.07, 6.45) is 2.24. The standard InChI is InChI=1S/C13H21NS.C10H15NS/c1-10-7-11(2)13(12(3)8-10)9-15-6-4-5-14;11-7-4-8-12-9-10-5-2-1-3-6-10/h7-8H,4-6,9,14H2,1-3H3;1-3,5-6H,4,7-9,11H2. The summed E-state index contributed by atoms with van der Waals surface area (Å²) in [7, 11) is 0. The third kappa shape index (κ3) is 10.8. The molecule has 2 rings (SSSR count). The van der Waals surface area contributed by atoms with Gasteiger partial charge >= 0.3 is 0 Å². The molecule has 2 aromatic rings. The average molecular weight is 405 g/mol. The van der Waals surface area contributed by atoms with E-state index < -0.39 is 0 Å². The van der Waals surface area contributed by atoms with E-state index in [1.807, 2.05) is 29.6 Å². The van der Waals surface area contributed by atoms with Crippen LogP contribution in [0.3, 0.4) is 0 Å². The minimum Gasteiger partial charge on any atom is -0.330 e. The lowest BCUT2D eigenvalue weighted by atomic mass is 10.0. The van der Waals surface area contributed by atoms with Gasteiger partial charge in [-0.05, 0) is 80.5 Å². The van der Waals surface area contributed by atoms with Crippen molar-refractivity contribution >= 4 is 23.5 Å². The molecule has 27 heavy (non-hydrogen) atoms. The molecular formula is C23H36N2S2. The smallest absolute Gasteiger partial charge is 0.0189 e. The highest BCUT2D eigenvalue weighted by atomic mass is 32.2. The zero-order valence-electron chi connectivity index (χ0n) is 17.2. The van der Waals surface area contributed by atoms with E-state index in [9.17, 15) is 0 Å². The van der Waals surface area contributed by atoms with Crippen LogP contribution in [0.4, 0.5) is 0 Å². The van der Waals surface area contributed by atoms with Gasteiger partial charge in [-0.25, -0.2) is 0 Å². The molecule has 2 aromatic carbocycles. The molecule has 4 N–H and O–H groups in total. The maximum atomic E-state index is 5.47. The van der Waals surface area contributed by atoms with Gasteiger partial charge in [0.15, 0.2) is 0 Å². The molecule has 0 amide bonds. The van der Waals surface area contributed by atoms with Crippen LogP contribution in [0, 0.1) is 20.8 Å². The van der Waals surface area contributed by atoms with Gasteiger partial charge in [0, 0.05) is 11.5 Å². The van der Waals surface area contributed by atoms with E-state index in [1.165, 1.54) is 39.3 Å². The number of benzene rings is 2. The maximum absolute atomic E-state index is 5.47. The third-order valence-corrected chi connectivity index (χ3v) is 6.37. The number of hydrogen-bond donors (Lipinski definition) is 2. The van der Waals surface area contributed by atoms with E-state index >= 15 is 0 Å². The van der Waals surface area contributed by atoms with Gasteiger partial charge in [-0.1, -0.05) is 48.0 Å². The molecule has 0 aliphatic rings. The fourth-order valence-electron chi connectivity index (χ4n) is 2.75. The van der Waals surface area contributed by atoms with E-state index in [-0.39, 0.29) is 0 Å². The Labute approximate surface area is 174 Å². The summed E-state index contributed by atoms with van der Waals surface area (Å²) < 4.78 is 0. The molecule has 0 heterocycles. The minimum absolute atomic E-state index is 0.804. The van der Waals surface area contributed by atoms with Gasteiger partial charge in [0.05, 0.1) is 0 Å².